The van der Waals surface area contributed by atoms with Gasteiger partial charge in [0.25, 0.3) is 0 Å². The Morgan fingerprint density at radius 2 is 2.22 bits per heavy atom. The van der Waals surface area contributed by atoms with Crippen LogP contribution in [0.4, 0.5) is 0 Å². The van der Waals surface area contributed by atoms with Gasteiger partial charge in [0.1, 0.15) is 5.76 Å². The number of unbranched alkanes of at least 4 members (excludes halogenated alkanes) is 1. The van der Waals surface area contributed by atoms with Crippen molar-refractivity contribution in [3.8, 4) is 0 Å². The second-order valence-electron chi connectivity index (χ2n) is 4.78. The first-order chi connectivity index (χ1) is 8.77. The summed E-state index contributed by atoms with van der Waals surface area (Å²) in [7, 11) is 0. The van der Waals surface area contributed by atoms with Crippen LogP contribution in [0.2, 0.25) is 0 Å². The normalized spacial score (nSPS) is 26.1. The van der Waals surface area contributed by atoms with E-state index < -0.39 is 5.79 Å². The summed E-state index contributed by atoms with van der Waals surface area (Å²) in [5.41, 5.74) is 1.14. The highest BCUT2D eigenvalue weighted by molar-refractivity contribution is 5.28. The Labute approximate surface area is 110 Å². The highest BCUT2D eigenvalue weighted by Gasteiger charge is 2.36. The van der Waals surface area contributed by atoms with Crippen LogP contribution in [0.15, 0.2) is 47.8 Å². The molecule has 0 spiro atoms. The molecule has 0 heterocycles. The molecule has 0 saturated carbocycles. The summed E-state index contributed by atoms with van der Waals surface area (Å²) in [6.07, 6.45) is 16.4. The molecule has 2 nitrogen and oxygen atoms in total. The van der Waals surface area contributed by atoms with Gasteiger partial charge in [-0.3, -0.25) is 0 Å². The number of hydrogen-bond acceptors (Lipinski definition) is 2. The van der Waals surface area contributed by atoms with Gasteiger partial charge < -0.3 is 9.47 Å². The van der Waals surface area contributed by atoms with Gasteiger partial charge in [-0.1, -0.05) is 37.6 Å². The Hall–Kier alpha value is -1.28. The lowest BCUT2D eigenvalue weighted by Crippen LogP contribution is -2.38. The van der Waals surface area contributed by atoms with Gasteiger partial charge >= 0.3 is 0 Å². The van der Waals surface area contributed by atoms with E-state index in [4.69, 9.17) is 9.47 Å². The monoisotopic (exact) mass is 246 g/mol. The van der Waals surface area contributed by atoms with Crippen molar-refractivity contribution in [2.24, 2.45) is 0 Å². The number of ether oxygens (including phenoxy) is 2. The lowest BCUT2D eigenvalue weighted by atomic mass is 9.98. The van der Waals surface area contributed by atoms with Crippen molar-refractivity contribution in [2.45, 2.75) is 45.3 Å². The molecular weight excluding hydrogens is 224 g/mol. The third-order valence-electron chi connectivity index (χ3n) is 3.32. The fraction of sp³-hybridized carbons (Fsp3) is 0.500. The molecule has 2 aliphatic rings. The van der Waals surface area contributed by atoms with E-state index in [1.54, 1.807) is 0 Å². The Kier molecular flexibility index (Phi) is 4.43. The summed E-state index contributed by atoms with van der Waals surface area (Å²) in [4.78, 5) is 0. The molecule has 0 radical (unpaired) electrons. The second kappa shape index (κ2) is 6.05. The first kappa shape index (κ1) is 13.2. The van der Waals surface area contributed by atoms with E-state index in [0.717, 1.165) is 43.6 Å². The molecule has 0 amide bonds. The highest BCUT2D eigenvalue weighted by atomic mass is 16.7. The fourth-order valence-corrected chi connectivity index (χ4v) is 2.13. The van der Waals surface area contributed by atoms with E-state index in [9.17, 15) is 0 Å². The van der Waals surface area contributed by atoms with E-state index in [2.05, 4.69) is 44.2 Å². The van der Waals surface area contributed by atoms with Crippen molar-refractivity contribution in [1.29, 1.82) is 0 Å². The Morgan fingerprint density at radius 3 is 2.89 bits per heavy atom. The van der Waals surface area contributed by atoms with Crippen molar-refractivity contribution in [3.05, 3.63) is 47.8 Å². The molecule has 0 aromatic heterocycles. The summed E-state index contributed by atoms with van der Waals surface area (Å²) in [6, 6.07) is 0. The van der Waals surface area contributed by atoms with Gasteiger partial charge in [-0.15, -0.1) is 0 Å². The van der Waals surface area contributed by atoms with Crippen LogP contribution in [0.1, 0.15) is 39.5 Å². The van der Waals surface area contributed by atoms with Crippen LogP contribution in [0.5, 0.6) is 0 Å². The van der Waals surface area contributed by atoms with Crippen LogP contribution in [0.3, 0.4) is 0 Å². The smallest absolute Gasteiger partial charge is 0.236 e. The SMILES string of the molecule is CCCCOC1(OC2=CCC=C2)CC=CC=C1C. The Bertz CT molecular complexity index is 401. The number of allylic oxidation sites excluding steroid dienone is 5. The maximum atomic E-state index is 6.13. The largest absolute Gasteiger partial charge is 0.458 e. The van der Waals surface area contributed by atoms with Gasteiger partial charge in [0.05, 0.1) is 6.61 Å². The van der Waals surface area contributed by atoms with Gasteiger partial charge in [0.15, 0.2) is 0 Å². The summed E-state index contributed by atoms with van der Waals surface area (Å²) < 4.78 is 12.2. The van der Waals surface area contributed by atoms with Crippen molar-refractivity contribution in [3.63, 3.8) is 0 Å². The zero-order valence-corrected chi connectivity index (χ0v) is 11.3. The number of rotatable bonds is 6. The Morgan fingerprint density at radius 1 is 1.33 bits per heavy atom. The van der Waals surface area contributed by atoms with Crippen molar-refractivity contribution >= 4 is 0 Å². The van der Waals surface area contributed by atoms with Crippen LogP contribution < -0.4 is 0 Å². The molecule has 0 aromatic rings. The predicted octanol–water partition coefficient (Wildman–Crippen LogP) is 4.27. The van der Waals surface area contributed by atoms with E-state index >= 15 is 0 Å². The van der Waals surface area contributed by atoms with Gasteiger partial charge in [-0.05, 0) is 37.5 Å². The Balaban J connectivity index is 2.09. The molecule has 0 saturated heterocycles. The molecule has 0 N–H and O–H groups in total. The van der Waals surface area contributed by atoms with Crippen molar-refractivity contribution < 1.29 is 9.47 Å². The summed E-state index contributed by atoms with van der Waals surface area (Å²) in [5, 5.41) is 0. The minimum Gasteiger partial charge on any atom is -0.458 e. The highest BCUT2D eigenvalue weighted by Crippen LogP contribution is 2.34. The molecule has 0 fully saturated rings. The lowest BCUT2D eigenvalue weighted by Gasteiger charge is -2.36. The van der Waals surface area contributed by atoms with Crippen LogP contribution in [0.25, 0.3) is 0 Å². The first-order valence-corrected chi connectivity index (χ1v) is 6.80. The second-order valence-corrected chi connectivity index (χ2v) is 4.78. The van der Waals surface area contributed by atoms with Crippen molar-refractivity contribution in [1.82, 2.24) is 0 Å². The molecule has 1 unspecified atom stereocenters. The molecule has 98 valence electrons. The maximum Gasteiger partial charge on any atom is 0.236 e. The van der Waals surface area contributed by atoms with E-state index in [1.165, 1.54) is 0 Å². The molecule has 2 aliphatic carbocycles. The van der Waals surface area contributed by atoms with Crippen LogP contribution >= 0.6 is 0 Å². The molecular formula is C16H22O2. The summed E-state index contributed by atoms with van der Waals surface area (Å²) in [5.74, 6) is 0.333. The predicted molar refractivity (Wildman–Crippen MR) is 74.0 cm³/mol. The fourth-order valence-electron chi connectivity index (χ4n) is 2.13. The topological polar surface area (TPSA) is 18.5 Å². The third kappa shape index (κ3) is 2.94. The minimum atomic E-state index is -0.593. The van der Waals surface area contributed by atoms with E-state index in [-0.39, 0.29) is 0 Å². The third-order valence-corrected chi connectivity index (χ3v) is 3.32. The average Bonchev–Trinajstić information content (AvgIpc) is 2.86. The average molecular weight is 246 g/mol. The number of hydrogen-bond donors (Lipinski definition) is 0. The molecule has 2 rings (SSSR count). The molecule has 0 aliphatic heterocycles. The van der Waals surface area contributed by atoms with Crippen LogP contribution in [-0.4, -0.2) is 12.4 Å². The quantitative estimate of drug-likeness (QED) is 0.515. The maximum absolute atomic E-state index is 6.13. The van der Waals surface area contributed by atoms with E-state index in [1.807, 2.05) is 6.08 Å². The molecule has 1 atom stereocenters. The first-order valence-electron chi connectivity index (χ1n) is 6.80. The van der Waals surface area contributed by atoms with Crippen LogP contribution in [-0.2, 0) is 9.47 Å². The van der Waals surface area contributed by atoms with Crippen LogP contribution in [0, 0.1) is 0 Å². The standard InChI is InChI=1S/C16H22O2/c1-3-4-13-17-16(12-8-7-9-14(16)2)18-15-10-5-6-11-15/h5,7-11H,3-4,6,12-13H2,1-2H3. The summed E-state index contributed by atoms with van der Waals surface area (Å²) >= 11 is 0. The molecule has 2 heteroatoms. The van der Waals surface area contributed by atoms with Crippen molar-refractivity contribution in [2.75, 3.05) is 6.61 Å². The van der Waals surface area contributed by atoms with Gasteiger partial charge in [0, 0.05) is 6.42 Å². The van der Waals surface area contributed by atoms with Gasteiger partial charge in [-0.25, -0.2) is 0 Å². The zero-order chi connectivity index (χ0) is 12.8. The zero-order valence-electron chi connectivity index (χ0n) is 11.3. The summed E-state index contributed by atoms with van der Waals surface area (Å²) in [6.45, 7) is 4.99. The molecule has 18 heavy (non-hydrogen) atoms. The van der Waals surface area contributed by atoms with E-state index in [0.29, 0.717) is 0 Å². The molecule has 0 aromatic carbocycles. The minimum absolute atomic E-state index is 0.593. The van der Waals surface area contributed by atoms with Gasteiger partial charge in [-0.2, -0.15) is 0 Å². The lowest BCUT2D eigenvalue weighted by molar-refractivity contribution is -0.185. The van der Waals surface area contributed by atoms with Gasteiger partial charge in [0.2, 0.25) is 5.79 Å². The molecule has 0 bridgehead atoms.